The lowest BCUT2D eigenvalue weighted by molar-refractivity contribution is -0.137. The van der Waals surface area contributed by atoms with Crippen molar-refractivity contribution in [2.45, 2.75) is 19.1 Å². The normalized spacial score (nSPS) is 12.9. The lowest BCUT2D eigenvalue weighted by Crippen LogP contribution is -2.32. The number of amides is 1. The maximum Gasteiger partial charge on any atom is 0.416 e. The number of rotatable bonds is 4. The number of nitrogens with two attached hydrogens (primary N) is 1. The van der Waals surface area contributed by atoms with Crippen LogP contribution in [0.15, 0.2) is 24.3 Å². The molecule has 1 rings (SSSR count). The van der Waals surface area contributed by atoms with E-state index in [0.717, 1.165) is 12.1 Å². The Bertz CT molecular complexity index is 435. The van der Waals surface area contributed by atoms with Gasteiger partial charge in [-0.15, -0.1) is 0 Å². The van der Waals surface area contributed by atoms with E-state index >= 15 is 0 Å². The van der Waals surface area contributed by atoms with Crippen molar-refractivity contribution in [1.82, 2.24) is 5.32 Å². The molecule has 0 bridgehead atoms. The summed E-state index contributed by atoms with van der Waals surface area (Å²) in [5.74, 6) is 0. The zero-order valence-electron chi connectivity index (χ0n) is 10.3. The first-order valence-corrected chi connectivity index (χ1v) is 5.68. The van der Waals surface area contributed by atoms with Crippen molar-refractivity contribution >= 4 is 6.09 Å². The molecule has 0 saturated heterocycles. The Morgan fingerprint density at radius 2 is 2.16 bits per heavy atom. The second-order valence-corrected chi connectivity index (χ2v) is 3.83. The Hall–Kier alpha value is -1.76. The predicted molar refractivity (Wildman–Crippen MR) is 63.4 cm³/mol. The lowest BCUT2D eigenvalue weighted by atomic mass is 10.0. The van der Waals surface area contributed by atoms with Gasteiger partial charge in [0.05, 0.1) is 12.2 Å². The van der Waals surface area contributed by atoms with E-state index in [4.69, 9.17) is 5.73 Å². The van der Waals surface area contributed by atoms with Crippen LogP contribution in [0.1, 0.15) is 24.1 Å². The molecule has 0 spiro atoms. The van der Waals surface area contributed by atoms with Gasteiger partial charge in [0.1, 0.15) is 0 Å². The number of hydrogen-bond donors (Lipinski definition) is 2. The van der Waals surface area contributed by atoms with E-state index in [1.165, 1.54) is 12.1 Å². The maximum absolute atomic E-state index is 12.5. The third-order valence-corrected chi connectivity index (χ3v) is 2.38. The van der Waals surface area contributed by atoms with E-state index in [-0.39, 0.29) is 13.2 Å². The van der Waals surface area contributed by atoms with Crippen LogP contribution in [0.2, 0.25) is 0 Å². The van der Waals surface area contributed by atoms with Gasteiger partial charge >= 0.3 is 12.3 Å². The highest BCUT2D eigenvalue weighted by Crippen LogP contribution is 2.30. The third-order valence-electron chi connectivity index (χ3n) is 2.38. The molecule has 1 amide bonds. The molecule has 0 saturated carbocycles. The van der Waals surface area contributed by atoms with Gasteiger partial charge in [0.25, 0.3) is 0 Å². The number of benzene rings is 1. The summed E-state index contributed by atoms with van der Waals surface area (Å²) in [5, 5.41) is 2.37. The molecule has 4 nitrogen and oxygen atoms in total. The quantitative estimate of drug-likeness (QED) is 0.887. The average Bonchev–Trinajstić information content (AvgIpc) is 2.35. The summed E-state index contributed by atoms with van der Waals surface area (Å²) >= 11 is 0. The van der Waals surface area contributed by atoms with Crippen LogP contribution in [0.25, 0.3) is 0 Å². The fourth-order valence-corrected chi connectivity index (χ4v) is 1.44. The lowest BCUT2D eigenvalue weighted by Gasteiger charge is -2.15. The predicted octanol–water partition coefficient (Wildman–Crippen LogP) is 2.45. The summed E-state index contributed by atoms with van der Waals surface area (Å²) in [4.78, 5) is 11.0. The van der Waals surface area contributed by atoms with Crippen LogP contribution in [-0.2, 0) is 10.9 Å². The molecule has 0 fully saturated rings. The molecule has 1 aromatic carbocycles. The summed E-state index contributed by atoms with van der Waals surface area (Å²) in [7, 11) is 0. The first-order chi connectivity index (χ1) is 8.84. The van der Waals surface area contributed by atoms with Crippen LogP contribution in [0, 0.1) is 0 Å². The number of nitrogens with one attached hydrogen (secondary N) is 1. The number of carbonyl (C=O) groups excluding carboxylic acids is 1. The van der Waals surface area contributed by atoms with Crippen LogP contribution in [0.5, 0.6) is 0 Å². The van der Waals surface area contributed by atoms with Crippen LogP contribution >= 0.6 is 0 Å². The van der Waals surface area contributed by atoms with Gasteiger partial charge in [-0.1, -0.05) is 12.1 Å². The molecule has 0 aliphatic rings. The molecule has 0 heterocycles. The number of alkyl halides is 3. The van der Waals surface area contributed by atoms with Gasteiger partial charge in [0, 0.05) is 12.6 Å². The van der Waals surface area contributed by atoms with Gasteiger partial charge in [-0.3, -0.25) is 0 Å². The Morgan fingerprint density at radius 3 is 2.74 bits per heavy atom. The molecule has 1 atom stereocenters. The highest BCUT2D eigenvalue weighted by Gasteiger charge is 2.30. The van der Waals surface area contributed by atoms with Crippen molar-refractivity contribution in [1.29, 1.82) is 0 Å². The number of hydrogen-bond acceptors (Lipinski definition) is 3. The Balaban J connectivity index is 2.67. The Kier molecular flexibility index (Phi) is 5.17. The minimum atomic E-state index is -4.41. The molecule has 1 aromatic rings. The van der Waals surface area contributed by atoms with Gasteiger partial charge in [0.15, 0.2) is 0 Å². The Labute approximate surface area is 108 Å². The standard InChI is InChI=1S/C12H15F3N2O2/c1-2-19-11(18)17-7-10(16)8-4-3-5-9(6-8)12(13,14)15/h3-6,10H,2,7,16H2,1H3,(H,17,18)/t10-/m0/s1. The molecule has 0 aliphatic heterocycles. The molecule has 106 valence electrons. The molecule has 3 N–H and O–H groups in total. The zero-order chi connectivity index (χ0) is 14.5. The largest absolute Gasteiger partial charge is 0.450 e. The van der Waals surface area contributed by atoms with Crippen LogP contribution in [0.4, 0.5) is 18.0 Å². The molecule has 0 unspecified atom stereocenters. The molecule has 0 radical (unpaired) electrons. The van der Waals surface area contributed by atoms with Crippen molar-refractivity contribution in [2.24, 2.45) is 5.73 Å². The van der Waals surface area contributed by atoms with Gasteiger partial charge in [-0.2, -0.15) is 13.2 Å². The van der Waals surface area contributed by atoms with Crippen molar-refractivity contribution in [2.75, 3.05) is 13.2 Å². The van der Waals surface area contributed by atoms with Gasteiger partial charge in [-0.05, 0) is 24.6 Å². The summed E-state index contributed by atoms with van der Waals surface area (Å²) < 4.78 is 42.2. The number of carbonyl (C=O) groups is 1. The molecule has 0 aliphatic carbocycles. The summed E-state index contributed by atoms with van der Waals surface area (Å²) in [6.45, 7) is 1.86. The second-order valence-electron chi connectivity index (χ2n) is 3.83. The smallest absolute Gasteiger partial charge is 0.416 e. The van der Waals surface area contributed by atoms with E-state index in [2.05, 4.69) is 10.1 Å². The number of halogens is 3. The summed E-state index contributed by atoms with van der Waals surface area (Å²) in [6, 6.07) is 3.97. The van der Waals surface area contributed by atoms with Crippen LogP contribution in [-0.4, -0.2) is 19.2 Å². The zero-order valence-corrected chi connectivity index (χ0v) is 10.3. The third kappa shape index (κ3) is 4.78. The van der Waals surface area contributed by atoms with E-state index < -0.39 is 23.9 Å². The number of ether oxygens (including phenoxy) is 1. The maximum atomic E-state index is 12.5. The Morgan fingerprint density at radius 1 is 1.47 bits per heavy atom. The minimum absolute atomic E-state index is 0.000143. The highest BCUT2D eigenvalue weighted by molar-refractivity contribution is 5.67. The topological polar surface area (TPSA) is 64.3 Å². The SMILES string of the molecule is CCOC(=O)NC[C@H](N)c1cccc(C(F)(F)F)c1. The first kappa shape index (κ1) is 15.3. The van der Waals surface area contributed by atoms with Gasteiger partial charge in [0.2, 0.25) is 0 Å². The molecular weight excluding hydrogens is 261 g/mol. The van der Waals surface area contributed by atoms with Crippen molar-refractivity contribution < 1.29 is 22.7 Å². The molecule has 7 heteroatoms. The van der Waals surface area contributed by atoms with Gasteiger partial charge < -0.3 is 15.8 Å². The van der Waals surface area contributed by atoms with Crippen LogP contribution in [0.3, 0.4) is 0 Å². The average molecular weight is 276 g/mol. The molecule has 19 heavy (non-hydrogen) atoms. The fraction of sp³-hybridized carbons (Fsp3) is 0.417. The van der Waals surface area contributed by atoms with E-state index in [1.807, 2.05) is 0 Å². The minimum Gasteiger partial charge on any atom is -0.450 e. The second kappa shape index (κ2) is 6.42. The van der Waals surface area contributed by atoms with E-state index in [1.54, 1.807) is 6.92 Å². The van der Waals surface area contributed by atoms with Crippen molar-refractivity contribution in [3.05, 3.63) is 35.4 Å². The molecule has 0 aromatic heterocycles. The van der Waals surface area contributed by atoms with Crippen LogP contribution < -0.4 is 11.1 Å². The fourth-order valence-electron chi connectivity index (χ4n) is 1.44. The molecular formula is C12H15F3N2O2. The van der Waals surface area contributed by atoms with Gasteiger partial charge in [-0.25, -0.2) is 4.79 Å². The van der Waals surface area contributed by atoms with Crippen molar-refractivity contribution in [3.8, 4) is 0 Å². The summed E-state index contributed by atoms with van der Waals surface area (Å²) in [5.41, 5.74) is 5.24. The first-order valence-electron chi connectivity index (χ1n) is 5.68. The van der Waals surface area contributed by atoms with Crippen molar-refractivity contribution in [3.63, 3.8) is 0 Å². The monoisotopic (exact) mass is 276 g/mol. The van der Waals surface area contributed by atoms with E-state index in [0.29, 0.717) is 5.56 Å². The summed E-state index contributed by atoms with van der Waals surface area (Å²) in [6.07, 6.45) is -5.06. The highest BCUT2D eigenvalue weighted by atomic mass is 19.4. The number of alkyl carbamates (subject to hydrolysis) is 1. The van der Waals surface area contributed by atoms with E-state index in [9.17, 15) is 18.0 Å².